The predicted molar refractivity (Wildman–Crippen MR) is 78.3 cm³/mol. The van der Waals surface area contributed by atoms with Crippen LogP contribution >= 0.6 is 0 Å². The molecule has 0 aliphatic carbocycles. The Balaban J connectivity index is 2.13. The lowest BCUT2D eigenvalue weighted by Crippen LogP contribution is -2.30. The van der Waals surface area contributed by atoms with Gasteiger partial charge in [-0.25, -0.2) is 0 Å². The summed E-state index contributed by atoms with van der Waals surface area (Å²) in [7, 11) is 0. The van der Waals surface area contributed by atoms with Crippen molar-refractivity contribution < 1.29 is 4.79 Å². The van der Waals surface area contributed by atoms with Crippen LogP contribution in [-0.4, -0.2) is 24.0 Å². The summed E-state index contributed by atoms with van der Waals surface area (Å²) < 4.78 is 0. The van der Waals surface area contributed by atoms with Gasteiger partial charge in [0.15, 0.2) is 0 Å². The Morgan fingerprint density at radius 2 is 2.16 bits per heavy atom. The van der Waals surface area contributed by atoms with Gasteiger partial charge in [-0.15, -0.1) is 0 Å². The molecule has 2 rings (SSSR count). The second kappa shape index (κ2) is 6.18. The first-order valence-electron chi connectivity index (χ1n) is 6.57. The van der Waals surface area contributed by atoms with Crippen LogP contribution in [0.2, 0.25) is 0 Å². The molecular weight excluding hydrogens is 238 g/mol. The topological polar surface area (TPSA) is 54.0 Å². The van der Waals surface area contributed by atoms with Crippen molar-refractivity contribution in [2.24, 2.45) is 0 Å². The first-order valence-corrected chi connectivity index (χ1v) is 6.57. The van der Waals surface area contributed by atoms with Crippen molar-refractivity contribution in [3.63, 3.8) is 0 Å². The zero-order valence-electron chi connectivity index (χ0n) is 11.4. The molecule has 0 aliphatic heterocycles. The van der Waals surface area contributed by atoms with E-state index in [2.05, 4.69) is 15.6 Å². The lowest BCUT2D eigenvalue weighted by atomic mass is 10.1. The van der Waals surface area contributed by atoms with Crippen molar-refractivity contribution in [1.82, 2.24) is 10.3 Å². The number of hydrogen-bond donors (Lipinski definition) is 2. The number of carbonyl (C=O) groups is 1. The van der Waals surface area contributed by atoms with E-state index in [1.807, 2.05) is 38.1 Å². The second-order valence-corrected chi connectivity index (χ2v) is 4.53. The van der Waals surface area contributed by atoms with E-state index in [1.165, 1.54) is 0 Å². The van der Waals surface area contributed by atoms with E-state index in [9.17, 15) is 4.79 Å². The average molecular weight is 257 g/mol. The van der Waals surface area contributed by atoms with Crippen molar-refractivity contribution in [3.8, 4) is 0 Å². The molecule has 1 amide bonds. The van der Waals surface area contributed by atoms with Gasteiger partial charge in [0.1, 0.15) is 0 Å². The minimum Gasteiger partial charge on any atom is -0.376 e. The van der Waals surface area contributed by atoms with Crippen LogP contribution in [0.1, 0.15) is 18.9 Å². The molecule has 100 valence electrons. The second-order valence-electron chi connectivity index (χ2n) is 4.53. The summed E-state index contributed by atoms with van der Waals surface area (Å²) in [5, 5.41) is 7.06. The van der Waals surface area contributed by atoms with E-state index in [4.69, 9.17) is 0 Å². The van der Waals surface area contributed by atoms with E-state index >= 15 is 0 Å². The molecule has 4 heteroatoms. The molecule has 0 unspecified atom stereocenters. The van der Waals surface area contributed by atoms with Gasteiger partial charge in [0, 0.05) is 23.8 Å². The Kier molecular flexibility index (Phi) is 4.34. The maximum atomic E-state index is 11.6. The van der Waals surface area contributed by atoms with Gasteiger partial charge in [0.25, 0.3) is 0 Å². The number of para-hydroxylation sites is 1. The number of pyridine rings is 1. The number of nitrogens with one attached hydrogen (secondary N) is 2. The lowest BCUT2D eigenvalue weighted by molar-refractivity contribution is -0.119. The molecule has 0 atom stereocenters. The van der Waals surface area contributed by atoms with Gasteiger partial charge < -0.3 is 10.6 Å². The minimum absolute atomic E-state index is 0.0134. The van der Waals surface area contributed by atoms with E-state index < -0.39 is 0 Å². The van der Waals surface area contributed by atoms with Gasteiger partial charge in [-0.2, -0.15) is 0 Å². The van der Waals surface area contributed by atoms with Crippen LogP contribution in [0.5, 0.6) is 0 Å². The number of amides is 1. The molecule has 0 saturated heterocycles. The monoisotopic (exact) mass is 257 g/mol. The van der Waals surface area contributed by atoms with E-state index in [0.717, 1.165) is 35.1 Å². The predicted octanol–water partition coefficient (Wildman–Crippen LogP) is 2.48. The van der Waals surface area contributed by atoms with Crippen molar-refractivity contribution in [1.29, 1.82) is 0 Å². The highest BCUT2D eigenvalue weighted by molar-refractivity contribution is 5.94. The fraction of sp³-hybridized carbons (Fsp3) is 0.333. The van der Waals surface area contributed by atoms with Crippen LogP contribution in [0.3, 0.4) is 0 Å². The normalized spacial score (nSPS) is 10.4. The first-order chi connectivity index (χ1) is 9.22. The fourth-order valence-electron chi connectivity index (χ4n) is 1.98. The largest absolute Gasteiger partial charge is 0.376 e. The van der Waals surface area contributed by atoms with Crippen LogP contribution in [0.25, 0.3) is 10.9 Å². The van der Waals surface area contributed by atoms with E-state index in [0.29, 0.717) is 0 Å². The van der Waals surface area contributed by atoms with Crippen molar-refractivity contribution >= 4 is 22.5 Å². The van der Waals surface area contributed by atoms with Gasteiger partial charge >= 0.3 is 0 Å². The van der Waals surface area contributed by atoms with E-state index in [-0.39, 0.29) is 12.5 Å². The quantitative estimate of drug-likeness (QED) is 0.865. The fourth-order valence-corrected chi connectivity index (χ4v) is 1.98. The average Bonchev–Trinajstić information content (AvgIpc) is 2.43. The Morgan fingerprint density at radius 1 is 1.32 bits per heavy atom. The number of hydrogen-bond acceptors (Lipinski definition) is 3. The molecule has 1 aromatic carbocycles. The first kappa shape index (κ1) is 13.3. The summed E-state index contributed by atoms with van der Waals surface area (Å²) >= 11 is 0. The summed E-state index contributed by atoms with van der Waals surface area (Å²) in [5.41, 5.74) is 3.05. The van der Waals surface area contributed by atoms with Gasteiger partial charge in [0.2, 0.25) is 5.91 Å². The zero-order chi connectivity index (χ0) is 13.7. The molecule has 4 nitrogen and oxygen atoms in total. The zero-order valence-corrected chi connectivity index (χ0v) is 11.4. The van der Waals surface area contributed by atoms with Crippen molar-refractivity contribution in [2.45, 2.75) is 20.3 Å². The summed E-state index contributed by atoms with van der Waals surface area (Å²) in [4.78, 5) is 16.0. The molecule has 0 aliphatic rings. The van der Waals surface area contributed by atoms with E-state index in [1.54, 1.807) is 6.20 Å². The molecule has 19 heavy (non-hydrogen) atoms. The minimum atomic E-state index is 0.0134. The SMILES string of the molecule is CCCNC(=O)CNc1ccnc2c(C)cccc12. The van der Waals surface area contributed by atoms with Gasteiger partial charge in [-0.3, -0.25) is 9.78 Å². The Morgan fingerprint density at radius 3 is 2.95 bits per heavy atom. The summed E-state index contributed by atoms with van der Waals surface area (Å²) in [6, 6.07) is 7.95. The number of benzene rings is 1. The molecule has 1 aromatic heterocycles. The van der Waals surface area contributed by atoms with Crippen LogP contribution in [0.15, 0.2) is 30.5 Å². The molecule has 0 bridgehead atoms. The highest BCUT2D eigenvalue weighted by Crippen LogP contribution is 2.23. The molecule has 2 aromatic rings. The molecule has 0 radical (unpaired) electrons. The lowest BCUT2D eigenvalue weighted by Gasteiger charge is -2.10. The maximum absolute atomic E-state index is 11.6. The highest BCUT2D eigenvalue weighted by Gasteiger charge is 2.05. The number of nitrogens with zero attached hydrogens (tertiary/aromatic N) is 1. The van der Waals surface area contributed by atoms with Gasteiger partial charge in [0.05, 0.1) is 12.1 Å². The molecule has 0 fully saturated rings. The third kappa shape index (κ3) is 3.22. The molecule has 0 spiro atoms. The summed E-state index contributed by atoms with van der Waals surface area (Å²) in [5.74, 6) is 0.0134. The third-order valence-electron chi connectivity index (χ3n) is 2.98. The molecular formula is C15H19N3O. The number of rotatable bonds is 5. The van der Waals surface area contributed by atoms with Gasteiger partial charge in [-0.1, -0.05) is 25.1 Å². The number of aromatic nitrogens is 1. The van der Waals surface area contributed by atoms with Crippen LogP contribution < -0.4 is 10.6 Å². The number of aryl methyl sites for hydroxylation is 1. The summed E-state index contributed by atoms with van der Waals surface area (Å²) in [6.07, 6.45) is 2.71. The summed E-state index contributed by atoms with van der Waals surface area (Å²) in [6.45, 7) is 5.07. The maximum Gasteiger partial charge on any atom is 0.239 e. The van der Waals surface area contributed by atoms with Crippen molar-refractivity contribution in [3.05, 3.63) is 36.0 Å². The number of fused-ring (bicyclic) bond motifs is 1. The van der Waals surface area contributed by atoms with Crippen molar-refractivity contribution in [2.75, 3.05) is 18.4 Å². The Hall–Kier alpha value is -2.10. The molecule has 2 N–H and O–H groups in total. The highest BCUT2D eigenvalue weighted by atomic mass is 16.1. The Labute approximate surface area is 113 Å². The Bertz CT molecular complexity index is 581. The third-order valence-corrected chi connectivity index (χ3v) is 2.98. The molecule has 0 saturated carbocycles. The smallest absolute Gasteiger partial charge is 0.239 e. The van der Waals surface area contributed by atoms with Gasteiger partial charge in [-0.05, 0) is 25.0 Å². The molecule has 1 heterocycles. The van der Waals surface area contributed by atoms with Crippen LogP contribution in [-0.2, 0) is 4.79 Å². The van der Waals surface area contributed by atoms with Crippen LogP contribution in [0, 0.1) is 6.92 Å². The standard InChI is InChI=1S/C15H19N3O/c1-3-8-16-14(19)10-18-13-7-9-17-15-11(2)5-4-6-12(13)15/h4-7,9H,3,8,10H2,1-2H3,(H,16,19)(H,17,18). The van der Waals surface area contributed by atoms with Crippen LogP contribution in [0.4, 0.5) is 5.69 Å². The number of carbonyl (C=O) groups excluding carboxylic acids is 1. The number of anilines is 1.